The minimum absolute atomic E-state index is 0.322. The lowest BCUT2D eigenvalue weighted by atomic mass is 10.1. The Morgan fingerprint density at radius 3 is 1.88 bits per heavy atom. The van der Waals surface area contributed by atoms with E-state index in [1.54, 1.807) is 24.3 Å². The molecule has 0 heterocycles. The van der Waals surface area contributed by atoms with Crippen molar-refractivity contribution in [3.63, 3.8) is 0 Å². The van der Waals surface area contributed by atoms with Crippen LogP contribution in [0.15, 0.2) is 48.5 Å². The molecule has 0 unspecified atom stereocenters. The van der Waals surface area contributed by atoms with E-state index in [1.807, 2.05) is 25.1 Å². The van der Waals surface area contributed by atoms with E-state index in [0.29, 0.717) is 5.75 Å². The van der Waals surface area contributed by atoms with E-state index in [1.165, 1.54) is 11.1 Å². The van der Waals surface area contributed by atoms with Crippen LogP contribution in [0.4, 0.5) is 0 Å². The second kappa shape index (κ2) is 6.19. The van der Waals surface area contributed by atoms with Gasteiger partial charge in [0.15, 0.2) is 0 Å². The molecule has 0 spiro atoms. The Morgan fingerprint density at radius 1 is 0.875 bits per heavy atom. The second-order valence-corrected chi connectivity index (χ2v) is 3.92. The van der Waals surface area contributed by atoms with Crippen LogP contribution in [0.2, 0.25) is 5.02 Å². The Balaban J connectivity index is 0.000000165. The van der Waals surface area contributed by atoms with Crippen LogP contribution < -0.4 is 0 Å². The van der Waals surface area contributed by atoms with Gasteiger partial charge in [0.05, 0.1) is 0 Å². The van der Waals surface area contributed by atoms with Crippen LogP contribution in [-0.2, 0) is 0 Å². The van der Waals surface area contributed by atoms with Gasteiger partial charge < -0.3 is 5.11 Å². The van der Waals surface area contributed by atoms with Gasteiger partial charge >= 0.3 is 0 Å². The van der Waals surface area contributed by atoms with E-state index in [0.717, 1.165) is 5.02 Å². The fourth-order valence-electron chi connectivity index (χ4n) is 1.14. The molecule has 1 N–H and O–H groups in total. The van der Waals surface area contributed by atoms with Crippen molar-refractivity contribution in [1.29, 1.82) is 0 Å². The summed E-state index contributed by atoms with van der Waals surface area (Å²) in [4.78, 5) is 0. The zero-order valence-corrected chi connectivity index (χ0v) is 10.2. The first kappa shape index (κ1) is 12.6. The fraction of sp³-hybridized carbons (Fsp3) is 0.143. The maximum absolute atomic E-state index is 8.63. The molecule has 0 aliphatic heterocycles. The molecule has 0 saturated carbocycles. The van der Waals surface area contributed by atoms with Crippen molar-refractivity contribution in [1.82, 2.24) is 0 Å². The molecular formula is C14H15ClO. The zero-order chi connectivity index (χ0) is 12.0. The highest BCUT2D eigenvalue weighted by Crippen LogP contribution is 2.16. The summed E-state index contributed by atoms with van der Waals surface area (Å²) < 4.78 is 0. The smallest absolute Gasteiger partial charge is 0.115 e. The molecule has 0 aliphatic rings. The summed E-state index contributed by atoms with van der Waals surface area (Å²) in [5, 5.41) is 9.49. The Kier molecular flexibility index (Phi) is 4.87. The molecule has 0 fully saturated rings. The Bertz CT molecular complexity index is 417. The predicted molar refractivity (Wildman–Crippen MR) is 69.0 cm³/mol. The summed E-state index contributed by atoms with van der Waals surface area (Å²) in [6, 6.07) is 14.6. The maximum Gasteiger partial charge on any atom is 0.115 e. The summed E-state index contributed by atoms with van der Waals surface area (Å²) in [5.74, 6) is 0.322. The molecule has 84 valence electrons. The lowest BCUT2D eigenvalue weighted by molar-refractivity contribution is 0.475. The van der Waals surface area contributed by atoms with Crippen LogP contribution in [0.5, 0.6) is 5.75 Å². The number of aromatic hydroxyl groups is 1. The first-order chi connectivity index (χ1) is 7.61. The van der Waals surface area contributed by atoms with Gasteiger partial charge in [0, 0.05) is 5.02 Å². The molecule has 0 radical (unpaired) electrons. The van der Waals surface area contributed by atoms with Crippen molar-refractivity contribution in [3.8, 4) is 5.75 Å². The van der Waals surface area contributed by atoms with Crippen molar-refractivity contribution in [2.75, 3.05) is 0 Å². The third-order valence-electron chi connectivity index (χ3n) is 2.29. The highest BCUT2D eigenvalue weighted by atomic mass is 35.5. The van der Waals surface area contributed by atoms with Gasteiger partial charge in [-0.2, -0.15) is 0 Å². The van der Waals surface area contributed by atoms with E-state index in [4.69, 9.17) is 16.7 Å². The number of aryl methyl sites for hydroxylation is 1. The highest BCUT2D eigenvalue weighted by molar-refractivity contribution is 6.31. The van der Waals surface area contributed by atoms with Crippen LogP contribution in [0.3, 0.4) is 0 Å². The molecule has 0 atom stereocenters. The SMILES string of the molecule is Cc1cccc(Cl)c1C.Oc1ccccc1. The van der Waals surface area contributed by atoms with Gasteiger partial charge in [0.2, 0.25) is 0 Å². The Morgan fingerprint density at radius 2 is 1.50 bits per heavy atom. The molecule has 2 heteroatoms. The van der Waals surface area contributed by atoms with Gasteiger partial charge in [-0.3, -0.25) is 0 Å². The van der Waals surface area contributed by atoms with Gasteiger partial charge in [0.1, 0.15) is 5.75 Å². The number of phenols is 1. The molecule has 1 nitrogen and oxygen atoms in total. The summed E-state index contributed by atoms with van der Waals surface area (Å²) in [5.41, 5.74) is 2.43. The lowest BCUT2D eigenvalue weighted by Gasteiger charge is -1.98. The number of halogens is 1. The van der Waals surface area contributed by atoms with Gasteiger partial charge in [-0.1, -0.05) is 41.9 Å². The molecule has 0 amide bonds. The third-order valence-corrected chi connectivity index (χ3v) is 2.70. The summed E-state index contributed by atoms with van der Waals surface area (Å²) in [7, 11) is 0. The number of phenolic OH excluding ortho intramolecular Hbond substituents is 1. The zero-order valence-electron chi connectivity index (χ0n) is 9.44. The number of rotatable bonds is 0. The van der Waals surface area contributed by atoms with E-state index < -0.39 is 0 Å². The minimum Gasteiger partial charge on any atom is -0.508 e. The summed E-state index contributed by atoms with van der Waals surface area (Å²) in [6.07, 6.45) is 0. The van der Waals surface area contributed by atoms with E-state index in [9.17, 15) is 0 Å². The van der Waals surface area contributed by atoms with Crippen LogP contribution in [0, 0.1) is 13.8 Å². The van der Waals surface area contributed by atoms with Crippen molar-refractivity contribution < 1.29 is 5.11 Å². The number of benzene rings is 2. The average Bonchev–Trinajstić information content (AvgIpc) is 2.28. The monoisotopic (exact) mass is 234 g/mol. The van der Waals surface area contributed by atoms with Gasteiger partial charge in [-0.15, -0.1) is 0 Å². The largest absolute Gasteiger partial charge is 0.508 e. The standard InChI is InChI=1S/C8H9Cl.C6H6O/c1-6-4-3-5-8(9)7(6)2;7-6-4-2-1-3-5-6/h3-5H,1-2H3;1-5,7H. The quantitative estimate of drug-likeness (QED) is 0.719. The number of para-hydroxylation sites is 1. The van der Waals surface area contributed by atoms with Crippen molar-refractivity contribution in [3.05, 3.63) is 64.7 Å². The maximum atomic E-state index is 8.63. The number of hydrogen-bond acceptors (Lipinski definition) is 1. The Labute approximate surface area is 101 Å². The van der Waals surface area contributed by atoms with E-state index in [-0.39, 0.29) is 0 Å². The molecule has 0 bridgehead atoms. The first-order valence-corrected chi connectivity index (χ1v) is 5.45. The topological polar surface area (TPSA) is 20.2 Å². The average molecular weight is 235 g/mol. The van der Waals surface area contributed by atoms with Crippen LogP contribution in [0.1, 0.15) is 11.1 Å². The normalized spacial score (nSPS) is 9.19. The second-order valence-electron chi connectivity index (χ2n) is 3.52. The van der Waals surface area contributed by atoms with Crippen molar-refractivity contribution >= 4 is 11.6 Å². The van der Waals surface area contributed by atoms with Crippen molar-refractivity contribution in [2.45, 2.75) is 13.8 Å². The van der Waals surface area contributed by atoms with Gasteiger partial charge in [-0.05, 0) is 43.2 Å². The molecule has 0 aromatic heterocycles. The molecule has 2 rings (SSSR count). The van der Waals surface area contributed by atoms with Gasteiger partial charge in [-0.25, -0.2) is 0 Å². The third kappa shape index (κ3) is 3.95. The first-order valence-electron chi connectivity index (χ1n) is 5.07. The van der Waals surface area contributed by atoms with Crippen LogP contribution >= 0.6 is 11.6 Å². The fourth-order valence-corrected chi connectivity index (χ4v) is 1.37. The van der Waals surface area contributed by atoms with Crippen molar-refractivity contribution in [2.24, 2.45) is 0 Å². The van der Waals surface area contributed by atoms with E-state index in [2.05, 4.69) is 13.0 Å². The summed E-state index contributed by atoms with van der Waals surface area (Å²) >= 11 is 5.81. The molecule has 16 heavy (non-hydrogen) atoms. The minimum atomic E-state index is 0.322. The van der Waals surface area contributed by atoms with Crippen LogP contribution in [0.25, 0.3) is 0 Å². The Hall–Kier alpha value is -1.47. The molecular weight excluding hydrogens is 220 g/mol. The summed E-state index contributed by atoms with van der Waals surface area (Å²) in [6.45, 7) is 4.08. The molecule has 0 aliphatic carbocycles. The molecule has 2 aromatic rings. The van der Waals surface area contributed by atoms with E-state index >= 15 is 0 Å². The highest BCUT2D eigenvalue weighted by Gasteiger charge is 1.93. The number of hydrogen-bond donors (Lipinski definition) is 1. The van der Waals surface area contributed by atoms with Gasteiger partial charge in [0.25, 0.3) is 0 Å². The molecule has 2 aromatic carbocycles. The molecule has 0 saturated heterocycles. The predicted octanol–water partition coefficient (Wildman–Crippen LogP) is 4.35. The lowest BCUT2D eigenvalue weighted by Crippen LogP contribution is -1.78. The van der Waals surface area contributed by atoms with Crippen LogP contribution in [-0.4, -0.2) is 5.11 Å².